The lowest BCUT2D eigenvalue weighted by Crippen LogP contribution is -2.38. The second kappa shape index (κ2) is 4.76. The lowest BCUT2D eigenvalue weighted by molar-refractivity contribution is -0.711. The van der Waals surface area contributed by atoms with Gasteiger partial charge in [-0.25, -0.2) is 0 Å². The largest absolute Gasteiger partial charge is 0.872 e. The molecule has 1 heterocycles. The molecule has 1 unspecified atom stereocenters. The Kier molecular flexibility index (Phi) is 3.34. The number of hydrogen-bond acceptors (Lipinski definition) is 1. The van der Waals surface area contributed by atoms with E-state index in [0.717, 1.165) is 5.56 Å². The highest BCUT2D eigenvalue weighted by atomic mass is 35.5. The van der Waals surface area contributed by atoms with Crippen molar-refractivity contribution in [3.8, 4) is 5.75 Å². The third kappa shape index (κ3) is 2.42. The zero-order valence-electron chi connectivity index (χ0n) is 9.85. The van der Waals surface area contributed by atoms with Gasteiger partial charge in [0.25, 0.3) is 0 Å². The first-order valence-electron chi connectivity index (χ1n) is 5.52. The predicted octanol–water partition coefficient (Wildman–Crippen LogP) is 2.62. The van der Waals surface area contributed by atoms with Gasteiger partial charge in [-0.15, -0.1) is 0 Å². The number of benzene rings is 1. The van der Waals surface area contributed by atoms with Gasteiger partial charge >= 0.3 is 0 Å². The number of aromatic nitrogens is 1. The summed E-state index contributed by atoms with van der Waals surface area (Å²) in [5.41, 5.74) is 1.80. The van der Waals surface area contributed by atoms with E-state index in [-0.39, 0.29) is 11.8 Å². The van der Waals surface area contributed by atoms with Crippen molar-refractivity contribution < 1.29 is 9.67 Å². The van der Waals surface area contributed by atoms with E-state index in [2.05, 4.69) is 0 Å². The van der Waals surface area contributed by atoms with E-state index in [9.17, 15) is 5.11 Å². The van der Waals surface area contributed by atoms with Gasteiger partial charge < -0.3 is 5.11 Å². The van der Waals surface area contributed by atoms with E-state index in [1.807, 2.05) is 42.9 Å². The summed E-state index contributed by atoms with van der Waals surface area (Å²) in [6, 6.07) is 8.92. The molecule has 3 heteroatoms. The van der Waals surface area contributed by atoms with Crippen LogP contribution in [0.4, 0.5) is 0 Å². The molecule has 0 fully saturated rings. The minimum absolute atomic E-state index is 0.0148. The summed E-state index contributed by atoms with van der Waals surface area (Å²) in [5.74, 6) is -0.0148. The highest BCUT2D eigenvalue weighted by molar-refractivity contribution is 6.31. The summed E-state index contributed by atoms with van der Waals surface area (Å²) in [6.07, 6.45) is 3.95. The molecule has 0 aliphatic rings. The summed E-state index contributed by atoms with van der Waals surface area (Å²) in [4.78, 5) is 0. The van der Waals surface area contributed by atoms with Gasteiger partial charge in [-0.1, -0.05) is 29.5 Å². The number of rotatable bonds is 2. The Labute approximate surface area is 106 Å². The molecule has 0 bridgehead atoms. The number of halogens is 1. The Morgan fingerprint density at radius 3 is 2.65 bits per heavy atom. The third-order valence-corrected chi connectivity index (χ3v) is 3.18. The first kappa shape index (κ1) is 11.9. The molecule has 0 saturated carbocycles. The fourth-order valence-electron chi connectivity index (χ4n) is 1.93. The highest BCUT2D eigenvalue weighted by Crippen LogP contribution is 2.28. The van der Waals surface area contributed by atoms with Crippen LogP contribution in [-0.2, 0) is 0 Å². The molecule has 2 aromatic rings. The SMILES string of the molecule is Cc1ccc[n+](C(C)c2c([O-])cccc2Cl)c1. The van der Waals surface area contributed by atoms with Crippen LogP contribution in [0.5, 0.6) is 5.75 Å². The summed E-state index contributed by atoms with van der Waals surface area (Å²) in [5, 5.41) is 12.4. The molecule has 0 spiro atoms. The van der Waals surface area contributed by atoms with Gasteiger partial charge in [0.15, 0.2) is 18.4 Å². The molecule has 0 radical (unpaired) electrons. The van der Waals surface area contributed by atoms with Crippen LogP contribution >= 0.6 is 11.6 Å². The van der Waals surface area contributed by atoms with E-state index in [0.29, 0.717) is 10.6 Å². The van der Waals surface area contributed by atoms with E-state index in [4.69, 9.17) is 11.6 Å². The van der Waals surface area contributed by atoms with E-state index < -0.39 is 0 Å². The van der Waals surface area contributed by atoms with Crippen molar-refractivity contribution in [1.82, 2.24) is 0 Å². The molecular formula is C14H14ClNO. The van der Waals surface area contributed by atoms with Crippen molar-refractivity contribution in [3.63, 3.8) is 0 Å². The standard InChI is InChI=1S/C14H14ClNO/c1-10-5-4-8-16(9-10)11(2)14-12(15)6-3-7-13(14)17/h3-9,11H,1-2H3. The van der Waals surface area contributed by atoms with Crippen molar-refractivity contribution in [2.45, 2.75) is 19.9 Å². The quantitative estimate of drug-likeness (QED) is 0.750. The van der Waals surface area contributed by atoms with Gasteiger partial charge in [-0.3, -0.25) is 0 Å². The average molecular weight is 248 g/mol. The maximum Gasteiger partial charge on any atom is 0.181 e. The fraction of sp³-hybridized carbons (Fsp3) is 0.214. The maximum absolute atomic E-state index is 11.8. The Morgan fingerprint density at radius 2 is 2.00 bits per heavy atom. The highest BCUT2D eigenvalue weighted by Gasteiger charge is 2.18. The molecule has 0 amide bonds. The van der Waals surface area contributed by atoms with Gasteiger partial charge in [-0.05, 0) is 19.1 Å². The Balaban J connectivity index is 2.47. The van der Waals surface area contributed by atoms with Crippen LogP contribution in [-0.4, -0.2) is 0 Å². The molecule has 1 atom stereocenters. The normalized spacial score (nSPS) is 12.4. The Hall–Kier alpha value is -1.54. The molecule has 2 nitrogen and oxygen atoms in total. The molecular weight excluding hydrogens is 234 g/mol. The molecule has 17 heavy (non-hydrogen) atoms. The van der Waals surface area contributed by atoms with Crippen LogP contribution in [0.2, 0.25) is 5.02 Å². The molecule has 1 aromatic carbocycles. The van der Waals surface area contributed by atoms with Crippen LogP contribution in [0.3, 0.4) is 0 Å². The minimum Gasteiger partial charge on any atom is -0.872 e. The number of pyridine rings is 1. The average Bonchev–Trinajstić information content (AvgIpc) is 2.28. The summed E-state index contributed by atoms with van der Waals surface area (Å²) < 4.78 is 2.00. The minimum atomic E-state index is -0.0592. The number of hydrogen-bond donors (Lipinski definition) is 0. The second-order valence-corrected chi connectivity index (χ2v) is 4.56. The first-order valence-corrected chi connectivity index (χ1v) is 5.90. The second-order valence-electron chi connectivity index (χ2n) is 4.16. The maximum atomic E-state index is 11.8. The van der Waals surface area contributed by atoms with Crippen LogP contribution in [0.15, 0.2) is 42.7 Å². The fourth-order valence-corrected chi connectivity index (χ4v) is 2.25. The smallest absolute Gasteiger partial charge is 0.181 e. The van der Waals surface area contributed by atoms with Crippen molar-refractivity contribution in [2.75, 3.05) is 0 Å². The molecule has 1 aromatic heterocycles. The van der Waals surface area contributed by atoms with E-state index >= 15 is 0 Å². The third-order valence-electron chi connectivity index (χ3n) is 2.85. The summed E-state index contributed by atoms with van der Waals surface area (Å²) in [6.45, 7) is 4.00. The van der Waals surface area contributed by atoms with Crippen molar-refractivity contribution in [2.24, 2.45) is 0 Å². The van der Waals surface area contributed by atoms with Crippen LogP contribution in [0.25, 0.3) is 0 Å². The predicted molar refractivity (Wildman–Crippen MR) is 66.1 cm³/mol. The van der Waals surface area contributed by atoms with Crippen LogP contribution in [0, 0.1) is 6.92 Å². The van der Waals surface area contributed by atoms with Gasteiger partial charge in [-0.2, -0.15) is 4.57 Å². The van der Waals surface area contributed by atoms with Gasteiger partial charge in [0.05, 0.1) is 0 Å². The first-order chi connectivity index (χ1) is 8.09. The van der Waals surface area contributed by atoms with Crippen molar-refractivity contribution >= 4 is 11.6 Å². The summed E-state index contributed by atoms with van der Waals surface area (Å²) >= 11 is 6.10. The lowest BCUT2D eigenvalue weighted by atomic mass is 10.1. The number of nitrogens with zero attached hydrogens (tertiary/aromatic N) is 1. The van der Waals surface area contributed by atoms with Gasteiger partial charge in [0.2, 0.25) is 0 Å². The van der Waals surface area contributed by atoms with Crippen molar-refractivity contribution in [3.05, 3.63) is 58.9 Å². The monoisotopic (exact) mass is 247 g/mol. The Bertz CT molecular complexity index is 519. The lowest BCUT2D eigenvalue weighted by Gasteiger charge is -2.17. The molecule has 0 aliphatic heterocycles. The molecule has 0 aliphatic carbocycles. The zero-order valence-corrected chi connectivity index (χ0v) is 10.6. The van der Waals surface area contributed by atoms with E-state index in [1.165, 1.54) is 0 Å². The molecule has 2 rings (SSSR count). The van der Waals surface area contributed by atoms with Gasteiger partial charge in [0.1, 0.15) is 0 Å². The van der Waals surface area contributed by atoms with E-state index in [1.54, 1.807) is 18.2 Å². The van der Waals surface area contributed by atoms with Crippen molar-refractivity contribution in [1.29, 1.82) is 0 Å². The molecule has 88 valence electrons. The Morgan fingerprint density at radius 1 is 1.24 bits per heavy atom. The molecule has 0 N–H and O–H groups in total. The molecule has 0 saturated heterocycles. The topological polar surface area (TPSA) is 26.9 Å². The van der Waals surface area contributed by atoms with Crippen LogP contribution < -0.4 is 9.67 Å². The summed E-state index contributed by atoms with van der Waals surface area (Å²) in [7, 11) is 0. The van der Waals surface area contributed by atoms with Crippen LogP contribution in [0.1, 0.15) is 24.1 Å². The van der Waals surface area contributed by atoms with Gasteiger partial charge in [0, 0.05) is 29.1 Å². The zero-order chi connectivity index (χ0) is 12.4. The number of aryl methyl sites for hydroxylation is 1.